The highest BCUT2D eigenvalue weighted by Crippen LogP contribution is 2.29. The smallest absolute Gasteiger partial charge is 0.464 e. The summed E-state index contributed by atoms with van der Waals surface area (Å²) in [5.41, 5.74) is -0.881. The van der Waals surface area contributed by atoms with Crippen molar-refractivity contribution in [2.24, 2.45) is 0 Å². The van der Waals surface area contributed by atoms with Crippen molar-refractivity contribution < 1.29 is 31.8 Å². The van der Waals surface area contributed by atoms with Gasteiger partial charge < -0.3 is 9.47 Å². The van der Waals surface area contributed by atoms with Crippen LogP contribution in [0, 0.1) is 3.57 Å². The zero-order valence-corrected chi connectivity index (χ0v) is 11.0. The molecular weight excluding hydrogens is 373 g/mol. The third-order valence-electron chi connectivity index (χ3n) is 1.75. The predicted molar refractivity (Wildman–Crippen MR) is 59.8 cm³/mol. The van der Waals surface area contributed by atoms with E-state index in [1.54, 1.807) is 22.6 Å². The number of hydrogen-bond acceptors (Lipinski definition) is 4. The summed E-state index contributed by atoms with van der Waals surface area (Å²) < 4.78 is 56.8. The van der Waals surface area contributed by atoms with E-state index in [0.717, 1.165) is 13.2 Å². The molecule has 0 unspecified atom stereocenters. The van der Waals surface area contributed by atoms with Crippen LogP contribution in [0.4, 0.5) is 17.6 Å². The molecule has 0 aliphatic heterocycles. The predicted octanol–water partition coefficient (Wildman–Crippen LogP) is 2.84. The fraction of sp³-hybridized carbons (Fsp3) is 0.333. The van der Waals surface area contributed by atoms with Crippen molar-refractivity contribution in [3.05, 3.63) is 21.0 Å². The van der Waals surface area contributed by atoms with Crippen LogP contribution in [0.5, 0.6) is 5.75 Å². The van der Waals surface area contributed by atoms with Crippen LogP contribution in [-0.2, 0) is 11.4 Å². The topological polar surface area (TPSA) is 48.4 Å². The number of hydrogen-bond donors (Lipinski definition) is 0. The molecule has 4 nitrogen and oxygen atoms in total. The number of halogens is 5. The van der Waals surface area contributed by atoms with E-state index < -0.39 is 30.4 Å². The average Bonchev–Trinajstić information content (AvgIpc) is 2.26. The Labute approximate surface area is 112 Å². The summed E-state index contributed by atoms with van der Waals surface area (Å²) in [7, 11) is 1.08. The minimum Gasteiger partial charge on any atom is -0.464 e. The van der Waals surface area contributed by atoms with Crippen LogP contribution >= 0.6 is 22.6 Å². The van der Waals surface area contributed by atoms with Crippen molar-refractivity contribution in [3.8, 4) is 5.75 Å². The molecule has 0 amide bonds. The van der Waals surface area contributed by atoms with Crippen LogP contribution in [0.2, 0.25) is 0 Å². The number of rotatable bonds is 3. The molecule has 0 saturated carbocycles. The van der Waals surface area contributed by atoms with E-state index in [9.17, 15) is 22.4 Å². The summed E-state index contributed by atoms with van der Waals surface area (Å²) in [6, 6.07) is 0.877. The maximum Gasteiger partial charge on any atom is 0.573 e. The highest BCUT2D eigenvalue weighted by molar-refractivity contribution is 14.1. The lowest BCUT2D eigenvalue weighted by atomic mass is 10.3. The van der Waals surface area contributed by atoms with Gasteiger partial charge in [-0.25, -0.2) is 14.2 Å². The van der Waals surface area contributed by atoms with E-state index in [0.29, 0.717) is 0 Å². The average molecular weight is 379 g/mol. The lowest BCUT2D eigenvalue weighted by Gasteiger charge is -2.12. The third kappa shape index (κ3) is 3.68. The van der Waals surface area contributed by atoms with Crippen molar-refractivity contribution in [1.82, 2.24) is 4.98 Å². The van der Waals surface area contributed by atoms with Gasteiger partial charge in [-0.2, -0.15) is 0 Å². The first kappa shape index (κ1) is 14.9. The molecule has 9 heteroatoms. The van der Waals surface area contributed by atoms with E-state index in [-0.39, 0.29) is 9.26 Å². The van der Waals surface area contributed by atoms with E-state index in [1.165, 1.54) is 0 Å². The molecule has 0 fully saturated rings. The Morgan fingerprint density at radius 3 is 2.56 bits per heavy atom. The Balaban J connectivity index is 3.23. The van der Waals surface area contributed by atoms with Crippen LogP contribution in [0.15, 0.2) is 6.07 Å². The van der Waals surface area contributed by atoms with Crippen LogP contribution in [0.25, 0.3) is 0 Å². The monoisotopic (exact) mass is 379 g/mol. The fourth-order valence-corrected chi connectivity index (χ4v) is 1.68. The van der Waals surface area contributed by atoms with Crippen LogP contribution in [-0.4, -0.2) is 24.4 Å². The van der Waals surface area contributed by atoms with Crippen LogP contribution < -0.4 is 4.74 Å². The molecule has 100 valence electrons. The molecule has 1 aromatic heterocycles. The van der Waals surface area contributed by atoms with Gasteiger partial charge in [-0.1, -0.05) is 0 Å². The molecule has 0 spiro atoms. The molecule has 0 bridgehead atoms. The minimum absolute atomic E-state index is 0.0656. The molecule has 0 N–H and O–H groups in total. The molecule has 0 aromatic carbocycles. The van der Waals surface area contributed by atoms with Gasteiger partial charge in [0.05, 0.1) is 7.11 Å². The SMILES string of the molecule is COC(=O)c1nc(CF)c(OC(F)(F)F)cc1I. The van der Waals surface area contributed by atoms with Gasteiger partial charge in [-0.15, -0.1) is 13.2 Å². The summed E-state index contributed by atoms with van der Waals surface area (Å²) in [5, 5.41) is 0. The Morgan fingerprint density at radius 2 is 2.11 bits per heavy atom. The summed E-state index contributed by atoms with van der Waals surface area (Å²) >= 11 is 1.58. The standard InChI is InChI=1S/C9H6F4INO3/c1-17-8(16)7-4(14)2-6(5(3-10)15-7)18-9(11,12)13/h2H,3H2,1H3. The third-order valence-corrected chi connectivity index (χ3v) is 2.57. The molecule has 0 aliphatic carbocycles. The molecule has 0 atom stereocenters. The van der Waals surface area contributed by atoms with Gasteiger partial charge in [0.25, 0.3) is 0 Å². The van der Waals surface area contributed by atoms with Gasteiger partial charge in [0.15, 0.2) is 11.4 Å². The van der Waals surface area contributed by atoms with Crippen molar-refractivity contribution in [2.45, 2.75) is 13.0 Å². The summed E-state index contributed by atoms with van der Waals surface area (Å²) in [4.78, 5) is 14.7. The first-order valence-electron chi connectivity index (χ1n) is 4.38. The molecule has 0 saturated heterocycles. The van der Waals surface area contributed by atoms with E-state index in [2.05, 4.69) is 14.5 Å². The Hall–Kier alpha value is -1.13. The zero-order valence-electron chi connectivity index (χ0n) is 8.85. The van der Waals surface area contributed by atoms with Crippen LogP contribution in [0.1, 0.15) is 16.2 Å². The quantitative estimate of drug-likeness (QED) is 0.461. The Morgan fingerprint density at radius 1 is 1.50 bits per heavy atom. The van der Waals surface area contributed by atoms with Gasteiger partial charge in [0.2, 0.25) is 0 Å². The van der Waals surface area contributed by atoms with Crippen molar-refractivity contribution in [3.63, 3.8) is 0 Å². The van der Waals surface area contributed by atoms with Gasteiger partial charge in [0.1, 0.15) is 12.4 Å². The van der Waals surface area contributed by atoms with Gasteiger partial charge >= 0.3 is 12.3 Å². The minimum atomic E-state index is -4.96. The maximum atomic E-state index is 12.6. The number of carbonyl (C=O) groups is 1. The molecule has 1 heterocycles. The fourth-order valence-electron chi connectivity index (χ4n) is 1.06. The first-order valence-corrected chi connectivity index (χ1v) is 5.45. The number of ether oxygens (including phenoxy) is 2. The summed E-state index contributed by atoms with van der Waals surface area (Å²) in [6.45, 7) is -1.30. The molecule has 0 aliphatic rings. The summed E-state index contributed by atoms with van der Waals surface area (Å²) in [6.07, 6.45) is -4.96. The van der Waals surface area contributed by atoms with Gasteiger partial charge in [-0.3, -0.25) is 0 Å². The van der Waals surface area contributed by atoms with E-state index in [4.69, 9.17) is 0 Å². The first-order chi connectivity index (χ1) is 8.28. The number of esters is 1. The van der Waals surface area contributed by atoms with Gasteiger partial charge in [0, 0.05) is 3.57 Å². The lowest BCUT2D eigenvalue weighted by Crippen LogP contribution is -2.19. The number of alkyl halides is 4. The van der Waals surface area contributed by atoms with Gasteiger partial charge in [-0.05, 0) is 28.7 Å². The molecule has 0 radical (unpaired) electrons. The maximum absolute atomic E-state index is 12.6. The number of aromatic nitrogens is 1. The zero-order chi connectivity index (χ0) is 13.9. The summed E-state index contributed by atoms with van der Waals surface area (Å²) in [5.74, 6) is -1.64. The molecule has 1 rings (SSSR count). The normalized spacial score (nSPS) is 11.2. The van der Waals surface area contributed by atoms with E-state index >= 15 is 0 Å². The largest absolute Gasteiger partial charge is 0.573 e. The van der Waals surface area contributed by atoms with Crippen molar-refractivity contribution in [2.75, 3.05) is 7.11 Å². The Bertz CT molecular complexity index is 464. The lowest BCUT2D eigenvalue weighted by molar-refractivity contribution is -0.275. The molecular formula is C9H6F4INO3. The van der Waals surface area contributed by atoms with E-state index in [1.807, 2.05) is 0 Å². The van der Waals surface area contributed by atoms with Crippen molar-refractivity contribution >= 4 is 28.6 Å². The molecule has 18 heavy (non-hydrogen) atoms. The second-order valence-corrected chi connectivity index (χ2v) is 4.10. The number of pyridine rings is 1. The molecule has 1 aromatic rings. The second-order valence-electron chi connectivity index (χ2n) is 2.94. The highest BCUT2D eigenvalue weighted by atomic mass is 127. The number of carbonyl (C=O) groups excluding carboxylic acids is 1. The Kier molecular flexibility index (Phi) is 4.71. The second kappa shape index (κ2) is 5.67. The highest BCUT2D eigenvalue weighted by Gasteiger charge is 2.33. The van der Waals surface area contributed by atoms with Crippen molar-refractivity contribution in [1.29, 1.82) is 0 Å². The number of nitrogens with zero attached hydrogens (tertiary/aromatic N) is 1. The number of methoxy groups -OCH3 is 1. The van der Waals surface area contributed by atoms with Crippen LogP contribution in [0.3, 0.4) is 0 Å².